The summed E-state index contributed by atoms with van der Waals surface area (Å²) >= 11 is 0. The molecule has 26 heavy (non-hydrogen) atoms. The van der Waals surface area contributed by atoms with Gasteiger partial charge in [0.25, 0.3) is 0 Å². The molecule has 0 aromatic carbocycles. The highest BCUT2D eigenvalue weighted by atomic mass is 16.6. The van der Waals surface area contributed by atoms with E-state index in [0.717, 1.165) is 7.11 Å². The van der Waals surface area contributed by atoms with Crippen molar-refractivity contribution in [1.29, 1.82) is 0 Å². The maximum atomic E-state index is 12.0. The molecule has 0 aromatic heterocycles. The Kier molecular flexibility index (Phi) is 10.6. The first-order valence-corrected chi connectivity index (χ1v) is 8.07. The van der Waals surface area contributed by atoms with Gasteiger partial charge in [-0.1, -0.05) is 0 Å². The smallest absolute Gasteiger partial charge is 0.331 e. The van der Waals surface area contributed by atoms with Gasteiger partial charge < -0.3 is 24.3 Å². The summed E-state index contributed by atoms with van der Waals surface area (Å²) in [5.74, 6) is -6.50. The van der Waals surface area contributed by atoms with Crippen LogP contribution in [0.15, 0.2) is 0 Å². The third-order valence-corrected chi connectivity index (χ3v) is 3.22. The molecule has 0 bridgehead atoms. The van der Waals surface area contributed by atoms with E-state index in [2.05, 4.69) is 10.1 Å². The van der Waals surface area contributed by atoms with E-state index in [1.807, 2.05) is 0 Å². The molecule has 2 unspecified atom stereocenters. The summed E-state index contributed by atoms with van der Waals surface area (Å²) in [6.45, 7) is 5.39. The van der Waals surface area contributed by atoms with Crippen LogP contribution in [0.5, 0.6) is 0 Å². The van der Waals surface area contributed by atoms with Gasteiger partial charge in [-0.2, -0.15) is 0 Å². The number of esters is 4. The minimum absolute atomic E-state index is 0.0975. The first kappa shape index (κ1) is 23.4. The molecule has 0 aliphatic carbocycles. The number of methoxy groups -OCH3 is 1. The SMILES string of the molecule is CCOC(=O)C(C)C(=O)N[C@@H](COC(=O)C(C)C(=O)OCC)C(=O)OC. The van der Waals surface area contributed by atoms with Gasteiger partial charge in [0, 0.05) is 0 Å². The van der Waals surface area contributed by atoms with Crippen LogP contribution in [0.2, 0.25) is 0 Å². The van der Waals surface area contributed by atoms with Gasteiger partial charge in [-0.05, 0) is 27.7 Å². The van der Waals surface area contributed by atoms with E-state index in [9.17, 15) is 24.0 Å². The Morgan fingerprint density at radius 1 is 0.769 bits per heavy atom. The number of nitrogens with one attached hydrogen (secondary N) is 1. The molecule has 0 saturated carbocycles. The number of hydrogen-bond acceptors (Lipinski definition) is 9. The number of ether oxygens (including phenoxy) is 4. The molecule has 10 heteroatoms. The lowest BCUT2D eigenvalue weighted by atomic mass is 10.1. The molecule has 0 radical (unpaired) electrons. The molecule has 0 rings (SSSR count). The molecule has 0 spiro atoms. The van der Waals surface area contributed by atoms with Crippen molar-refractivity contribution in [3.63, 3.8) is 0 Å². The van der Waals surface area contributed by atoms with E-state index in [4.69, 9.17) is 14.2 Å². The fourth-order valence-electron chi connectivity index (χ4n) is 1.64. The highest BCUT2D eigenvalue weighted by Gasteiger charge is 2.31. The van der Waals surface area contributed by atoms with Crippen LogP contribution in [0.3, 0.4) is 0 Å². The predicted octanol–water partition coefficient (Wildman–Crippen LogP) is -0.414. The zero-order chi connectivity index (χ0) is 20.3. The Labute approximate surface area is 151 Å². The Morgan fingerprint density at radius 2 is 1.23 bits per heavy atom. The quantitative estimate of drug-likeness (QED) is 0.307. The summed E-state index contributed by atoms with van der Waals surface area (Å²) in [5.41, 5.74) is 0. The van der Waals surface area contributed by atoms with Crippen molar-refractivity contribution in [2.75, 3.05) is 26.9 Å². The van der Waals surface area contributed by atoms with Crippen LogP contribution < -0.4 is 5.32 Å². The molecule has 148 valence electrons. The van der Waals surface area contributed by atoms with Crippen molar-refractivity contribution in [3.8, 4) is 0 Å². The summed E-state index contributed by atoms with van der Waals surface area (Å²) < 4.78 is 18.8. The van der Waals surface area contributed by atoms with Crippen LogP contribution in [-0.4, -0.2) is 62.8 Å². The molecule has 0 aliphatic heterocycles. The van der Waals surface area contributed by atoms with E-state index in [1.165, 1.54) is 13.8 Å². The molecule has 0 fully saturated rings. The fourth-order valence-corrected chi connectivity index (χ4v) is 1.64. The van der Waals surface area contributed by atoms with Crippen molar-refractivity contribution < 1.29 is 42.9 Å². The minimum Gasteiger partial charge on any atom is -0.467 e. The van der Waals surface area contributed by atoms with Gasteiger partial charge in [0.1, 0.15) is 12.5 Å². The molecule has 0 saturated heterocycles. The maximum Gasteiger partial charge on any atom is 0.331 e. The van der Waals surface area contributed by atoms with Gasteiger partial charge in [-0.15, -0.1) is 0 Å². The molecule has 10 nitrogen and oxygen atoms in total. The van der Waals surface area contributed by atoms with Gasteiger partial charge >= 0.3 is 23.9 Å². The zero-order valence-electron chi connectivity index (χ0n) is 15.5. The lowest BCUT2D eigenvalue weighted by Gasteiger charge is -2.19. The van der Waals surface area contributed by atoms with Crippen molar-refractivity contribution in [3.05, 3.63) is 0 Å². The van der Waals surface area contributed by atoms with Crippen LogP contribution in [0, 0.1) is 11.8 Å². The van der Waals surface area contributed by atoms with Crippen molar-refractivity contribution in [2.24, 2.45) is 11.8 Å². The lowest BCUT2D eigenvalue weighted by Crippen LogP contribution is -2.48. The number of rotatable bonds is 10. The summed E-state index contributed by atoms with van der Waals surface area (Å²) in [6.07, 6.45) is 0. The second-order valence-electron chi connectivity index (χ2n) is 5.16. The van der Waals surface area contributed by atoms with Crippen molar-refractivity contribution in [1.82, 2.24) is 5.32 Å². The number of carbonyl (C=O) groups is 5. The van der Waals surface area contributed by atoms with Crippen LogP contribution >= 0.6 is 0 Å². The highest BCUT2D eigenvalue weighted by Crippen LogP contribution is 2.05. The molecular formula is C16H25NO9. The third-order valence-electron chi connectivity index (χ3n) is 3.22. The van der Waals surface area contributed by atoms with Crippen LogP contribution in [0.25, 0.3) is 0 Å². The number of carbonyl (C=O) groups excluding carboxylic acids is 5. The summed E-state index contributed by atoms with van der Waals surface area (Å²) in [5, 5.41) is 2.25. The second-order valence-corrected chi connectivity index (χ2v) is 5.16. The van der Waals surface area contributed by atoms with E-state index >= 15 is 0 Å². The predicted molar refractivity (Wildman–Crippen MR) is 86.5 cm³/mol. The van der Waals surface area contributed by atoms with Gasteiger partial charge in [0.05, 0.1) is 20.3 Å². The zero-order valence-corrected chi connectivity index (χ0v) is 15.5. The number of amides is 1. The monoisotopic (exact) mass is 375 g/mol. The number of hydrogen-bond donors (Lipinski definition) is 1. The lowest BCUT2D eigenvalue weighted by molar-refractivity contribution is -0.163. The summed E-state index contributed by atoms with van der Waals surface area (Å²) in [4.78, 5) is 58.7. The molecule has 1 N–H and O–H groups in total. The molecule has 0 heterocycles. The Balaban J connectivity index is 4.84. The molecule has 1 amide bonds. The van der Waals surface area contributed by atoms with Crippen LogP contribution in [0.4, 0.5) is 0 Å². The topological polar surface area (TPSA) is 134 Å². The Hall–Kier alpha value is -2.65. The standard InChI is InChI=1S/C16H25NO9/c1-6-24-13(19)9(3)12(18)17-11(16(22)23-5)8-26-15(21)10(4)14(20)25-7-2/h9-11H,6-8H2,1-5H3,(H,17,18)/t9?,10?,11-/m0/s1. The van der Waals surface area contributed by atoms with E-state index in [0.29, 0.717) is 0 Å². The van der Waals surface area contributed by atoms with Crippen LogP contribution in [-0.2, 0) is 42.9 Å². The maximum absolute atomic E-state index is 12.0. The van der Waals surface area contributed by atoms with Gasteiger partial charge in [0.2, 0.25) is 5.91 Å². The minimum atomic E-state index is -1.34. The highest BCUT2D eigenvalue weighted by molar-refractivity contribution is 5.99. The molecule has 0 aliphatic rings. The van der Waals surface area contributed by atoms with Gasteiger partial charge in [0.15, 0.2) is 12.0 Å². The Bertz CT molecular complexity index is 532. The Morgan fingerprint density at radius 3 is 1.69 bits per heavy atom. The van der Waals surface area contributed by atoms with E-state index < -0.39 is 54.3 Å². The average molecular weight is 375 g/mol. The third kappa shape index (κ3) is 7.49. The largest absolute Gasteiger partial charge is 0.467 e. The summed E-state index contributed by atoms with van der Waals surface area (Å²) in [6, 6.07) is -1.34. The molecule has 3 atom stereocenters. The first-order chi connectivity index (χ1) is 12.2. The van der Waals surface area contributed by atoms with Gasteiger partial charge in [-0.3, -0.25) is 19.2 Å². The van der Waals surface area contributed by atoms with Gasteiger partial charge in [-0.25, -0.2) is 4.79 Å². The summed E-state index contributed by atoms with van der Waals surface area (Å²) in [7, 11) is 1.08. The first-order valence-electron chi connectivity index (χ1n) is 8.07. The fraction of sp³-hybridized carbons (Fsp3) is 0.688. The van der Waals surface area contributed by atoms with Crippen LogP contribution in [0.1, 0.15) is 27.7 Å². The normalized spacial score (nSPS) is 13.6. The second kappa shape index (κ2) is 11.8. The molecular weight excluding hydrogens is 350 g/mol. The average Bonchev–Trinajstić information content (AvgIpc) is 2.62. The molecule has 0 aromatic rings. The van der Waals surface area contributed by atoms with E-state index in [-0.39, 0.29) is 13.2 Å². The van der Waals surface area contributed by atoms with Crippen molar-refractivity contribution >= 4 is 29.8 Å². The van der Waals surface area contributed by atoms with Crippen molar-refractivity contribution in [2.45, 2.75) is 33.7 Å². The van der Waals surface area contributed by atoms with E-state index in [1.54, 1.807) is 13.8 Å².